The molecule has 0 heterocycles. The summed E-state index contributed by atoms with van der Waals surface area (Å²) in [5.74, 6) is -2.69. The summed E-state index contributed by atoms with van der Waals surface area (Å²) in [4.78, 5) is 21.4. The molecule has 2 N–H and O–H groups in total. The van der Waals surface area contributed by atoms with E-state index in [0.29, 0.717) is 4.47 Å². The van der Waals surface area contributed by atoms with Crippen molar-refractivity contribution in [3.63, 3.8) is 0 Å². The Morgan fingerprint density at radius 2 is 1.79 bits per heavy atom. The molecule has 4 nitrogen and oxygen atoms in total. The van der Waals surface area contributed by atoms with Crippen molar-refractivity contribution in [2.75, 3.05) is 0 Å². The standard InChI is InChI=1S/C8H4BrClO4/c9-4-2-1-3(7(11)12)5(6(4)10)8(13)14/h1-2H,(H,11,12)(H,13,14). The highest BCUT2D eigenvalue weighted by molar-refractivity contribution is 9.10. The van der Waals surface area contributed by atoms with Gasteiger partial charge in [0.2, 0.25) is 0 Å². The van der Waals surface area contributed by atoms with Crippen molar-refractivity contribution in [1.29, 1.82) is 0 Å². The van der Waals surface area contributed by atoms with E-state index >= 15 is 0 Å². The third-order valence-electron chi connectivity index (χ3n) is 1.54. The summed E-state index contributed by atoms with van der Waals surface area (Å²) < 4.78 is 0.349. The van der Waals surface area contributed by atoms with Gasteiger partial charge >= 0.3 is 11.9 Å². The van der Waals surface area contributed by atoms with Crippen LogP contribution in [0.5, 0.6) is 0 Å². The molecule has 0 amide bonds. The van der Waals surface area contributed by atoms with Gasteiger partial charge in [0, 0.05) is 4.47 Å². The summed E-state index contributed by atoms with van der Waals surface area (Å²) in [6, 6.07) is 2.57. The lowest BCUT2D eigenvalue weighted by Crippen LogP contribution is -2.08. The molecule has 0 bridgehead atoms. The van der Waals surface area contributed by atoms with Crippen LogP contribution in [0.3, 0.4) is 0 Å². The number of carboxylic acids is 2. The quantitative estimate of drug-likeness (QED) is 0.872. The molecule has 0 fully saturated rings. The third-order valence-corrected chi connectivity index (χ3v) is 2.82. The van der Waals surface area contributed by atoms with Crippen LogP contribution >= 0.6 is 27.5 Å². The zero-order valence-corrected chi connectivity index (χ0v) is 8.96. The monoisotopic (exact) mass is 278 g/mol. The van der Waals surface area contributed by atoms with Crippen LogP contribution in [0.4, 0.5) is 0 Å². The molecular formula is C8H4BrClO4. The van der Waals surface area contributed by atoms with E-state index in [1.807, 2.05) is 0 Å². The van der Waals surface area contributed by atoms with Crippen molar-refractivity contribution in [3.05, 3.63) is 32.8 Å². The Balaban J connectivity index is 3.53. The summed E-state index contributed by atoms with van der Waals surface area (Å²) >= 11 is 8.66. The largest absolute Gasteiger partial charge is 0.478 e. The topological polar surface area (TPSA) is 74.6 Å². The maximum atomic E-state index is 10.7. The van der Waals surface area contributed by atoms with E-state index in [-0.39, 0.29) is 10.6 Å². The van der Waals surface area contributed by atoms with Crippen molar-refractivity contribution in [2.45, 2.75) is 0 Å². The minimum absolute atomic E-state index is 0.114. The van der Waals surface area contributed by atoms with Gasteiger partial charge in [-0.05, 0) is 28.1 Å². The lowest BCUT2D eigenvalue weighted by molar-refractivity contribution is 0.0651. The number of aromatic carboxylic acids is 2. The van der Waals surface area contributed by atoms with Gasteiger partial charge in [0.15, 0.2) is 0 Å². The van der Waals surface area contributed by atoms with Gasteiger partial charge in [-0.15, -0.1) is 0 Å². The maximum absolute atomic E-state index is 10.7. The van der Waals surface area contributed by atoms with Crippen LogP contribution in [0.25, 0.3) is 0 Å². The summed E-state index contributed by atoms with van der Waals surface area (Å²) in [6.07, 6.45) is 0. The Labute approximate surface area is 92.2 Å². The van der Waals surface area contributed by atoms with Gasteiger partial charge in [-0.1, -0.05) is 11.6 Å². The Hall–Kier alpha value is -1.07. The van der Waals surface area contributed by atoms with Crippen LogP contribution in [0.15, 0.2) is 16.6 Å². The van der Waals surface area contributed by atoms with Crippen molar-refractivity contribution in [1.82, 2.24) is 0 Å². The lowest BCUT2D eigenvalue weighted by Gasteiger charge is -2.04. The molecule has 0 saturated heterocycles. The van der Waals surface area contributed by atoms with E-state index in [0.717, 1.165) is 0 Å². The van der Waals surface area contributed by atoms with E-state index in [4.69, 9.17) is 21.8 Å². The lowest BCUT2D eigenvalue weighted by atomic mass is 10.1. The van der Waals surface area contributed by atoms with Gasteiger partial charge in [0.1, 0.15) is 0 Å². The highest BCUT2D eigenvalue weighted by Crippen LogP contribution is 2.28. The number of halogens is 2. The summed E-state index contributed by atoms with van der Waals surface area (Å²) in [6.45, 7) is 0. The van der Waals surface area contributed by atoms with Crippen LogP contribution in [0.2, 0.25) is 5.02 Å². The number of hydrogen-bond acceptors (Lipinski definition) is 2. The van der Waals surface area contributed by atoms with Crippen LogP contribution in [-0.2, 0) is 0 Å². The first kappa shape index (κ1) is 11.0. The van der Waals surface area contributed by atoms with Crippen molar-refractivity contribution in [3.8, 4) is 0 Å². The molecule has 0 aliphatic heterocycles. The molecule has 0 atom stereocenters. The first-order valence-corrected chi connectivity index (χ1v) is 4.57. The Bertz CT molecular complexity index is 416. The average molecular weight is 279 g/mol. The van der Waals surface area contributed by atoms with Crippen LogP contribution in [-0.4, -0.2) is 22.2 Å². The first-order chi connectivity index (χ1) is 6.45. The average Bonchev–Trinajstić information content (AvgIpc) is 2.08. The van der Waals surface area contributed by atoms with Gasteiger partial charge in [-0.3, -0.25) is 0 Å². The Morgan fingerprint density at radius 1 is 1.21 bits per heavy atom. The van der Waals surface area contributed by atoms with E-state index in [2.05, 4.69) is 15.9 Å². The summed E-state index contributed by atoms with van der Waals surface area (Å²) in [7, 11) is 0. The molecule has 1 aromatic rings. The predicted octanol–water partition coefficient (Wildman–Crippen LogP) is 2.50. The van der Waals surface area contributed by atoms with Crippen LogP contribution in [0.1, 0.15) is 20.7 Å². The third kappa shape index (κ3) is 1.88. The molecule has 0 aliphatic carbocycles. The Morgan fingerprint density at radius 3 is 2.21 bits per heavy atom. The number of rotatable bonds is 2. The van der Waals surface area contributed by atoms with Gasteiger partial charge in [-0.2, -0.15) is 0 Å². The molecule has 1 aromatic carbocycles. The fourth-order valence-corrected chi connectivity index (χ4v) is 1.51. The SMILES string of the molecule is O=C(O)c1ccc(Br)c(Cl)c1C(=O)O. The van der Waals surface area contributed by atoms with E-state index in [9.17, 15) is 9.59 Å². The van der Waals surface area contributed by atoms with Crippen molar-refractivity contribution >= 4 is 39.5 Å². The van der Waals surface area contributed by atoms with Crippen molar-refractivity contribution < 1.29 is 19.8 Å². The second kappa shape index (κ2) is 3.98. The molecule has 0 spiro atoms. The van der Waals surface area contributed by atoms with Gasteiger partial charge in [-0.25, -0.2) is 9.59 Å². The van der Waals surface area contributed by atoms with E-state index < -0.39 is 17.5 Å². The smallest absolute Gasteiger partial charge is 0.338 e. The second-order valence-electron chi connectivity index (χ2n) is 2.39. The van der Waals surface area contributed by atoms with Gasteiger partial charge in [0.25, 0.3) is 0 Å². The summed E-state index contributed by atoms with van der Waals surface area (Å²) in [5, 5.41) is 17.3. The minimum Gasteiger partial charge on any atom is -0.478 e. The number of carbonyl (C=O) groups is 2. The fourth-order valence-electron chi connectivity index (χ4n) is 0.938. The number of carboxylic acid groups (broad SMARTS) is 2. The molecule has 74 valence electrons. The summed E-state index contributed by atoms with van der Waals surface area (Å²) in [5.41, 5.74) is -0.737. The molecule has 1 rings (SSSR count). The van der Waals surface area contributed by atoms with Crippen molar-refractivity contribution in [2.24, 2.45) is 0 Å². The number of hydrogen-bond donors (Lipinski definition) is 2. The molecule has 14 heavy (non-hydrogen) atoms. The molecule has 0 radical (unpaired) electrons. The zero-order valence-electron chi connectivity index (χ0n) is 6.62. The first-order valence-electron chi connectivity index (χ1n) is 3.39. The van der Waals surface area contributed by atoms with Crippen LogP contribution in [0, 0.1) is 0 Å². The maximum Gasteiger partial charge on any atom is 0.338 e. The molecule has 0 unspecified atom stereocenters. The number of benzene rings is 1. The Kier molecular flexibility index (Phi) is 3.13. The van der Waals surface area contributed by atoms with Gasteiger partial charge in [0.05, 0.1) is 16.1 Å². The molecule has 0 aromatic heterocycles. The molecule has 0 aliphatic rings. The molecular weight excluding hydrogens is 275 g/mol. The van der Waals surface area contributed by atoms with E-state index in [1.165, 1.54) is 12.1 Å². The predicted molar refractivity (Wildman–Crippen MR) is 53.1 cm³/mol. The van der Waals surface area contributed by atoms with E-state index in [1.54, 1.807) is 0 Å². The molecule has 0 saturated carbocycles. The van der Waals surface area contributed by atoms with Crippen LogP contribution < -0.4 is 0 Å². The highest BCUT2D eigenvalue weighted by Gasteiger charge is 2.20. The second-order valence-corrected chi connectivity index (χ2v) is 3.63. The normalized spacial score (nSPS) is 9.86. The van der Waals surface area contributed by atoms with Gasteiger partial charge < -0.3 is 10.2 Å². The highest BCUT2D eigenvalue weighted by atomic mass is 79.9. The minimum atomic E-state index is -1.37. The molecule has 6 heteroatoms. The fraction of sp³-hybridized carbons (Fsp3) is 0. The zero-order chi connectivity index (χ0) is 10.9.